The maximum Gasteiger partial charge on any atom is 0.145 e. The molecule has 0 aliphatic heterocycles. The summed E-state index contributed by atoms with van der Waals surface area (Å²) in [6, 6.07) is 15.5. The van der Waals surface area contributed by atoms with E-state index in [2.05, 4.69) is 9.97 Å². The van der Waals surface area contributed by atoms with Crippen LogP contribution in [0.3, 0.4) is 0 Å². The Morgan fingerprint density at radius 1 is 0.944 bits per heavy atom. The summed E-state index contributed by atoms with van der Waals surface area (Å²) in [5.74, 6) is 2.13. The molecule has 2 aromatic heterocycles. The molecule has 0 bridgehead atoms. The highest BCUT2D eigenvalue weighted by Crippen LogP contribution is 2.20. The smallest absolute Gasteiger partial charge is 0.145 e. The van der Waals surface area contributed by atoms with E-state index in [1.807, 2.05) is 53.2 Å². The Hall–Kier alpha value is -2.62. The van der Waals surface area contributed by atoms with Gasteiger partial charge in [0, 0.05) is 18.0 Å². The summed E-state index contributed by atoms with van der Waals surface area (Å²) in [6.07, 6.45) is 3.64. The van der Waals surface area contributed by atoms with E-state index in [1.165, 1.54) is 0 Å². The molecule has 0 radical (unpaired) electrons. The first-order valence-electron chi connectivity index (χ1n) is 5.66. The van der Waals surface area contributed by atoms with Gasteiger partial charge in [-0.3, -0.25) is 4.57 Å². The lowest BCUT2D eigenvalue weighted by Crippen LogP contribution is -2.01. The molecule has 88 valence electrons. The van der Waals surface area contributed by atoms with E-state index >= 15 is 0 Å². The lowest BCUT2D eigenvalue weighted by molar-refractivity contribution is 1.01. The van der Waals surface area contributed by atoms with E-state index in [0.29, 0.717) is 5.82 Å². The van der Waals surface area contributed by atoms with Crippen molar-refractivity contribution in [2.24, 2.45) is 0 Å². The Morgan fingerprint density at radius 2 is 1.78 bits per heavy atom. The van der Waals surface area contributed by atoms with Crippen LogP contribution in [-0.4, -0.2) is 14.5 Å². The lowest BCUT2D eigenvalue weighted by Gasteiger charge is -2.07. The molecular formula is C14H12N4. The van der Waals surface area contributed by atoms with E-state index in [1.54, 1.807) is 12.3 Å². The molecule has 0 unspecified atom stereocenters. The summed E-state index contributed by atoms with van der Waals surface area (Å²) in [5.41, 5.74) is 6.76. The molecule has 0 fully saturated rings. The van der Waals surface area contributed by atoms with Gasteiger partial charge in [-0.05, 0) is 12.1 Å². The predicted molar refractivity (Wildman–Crippen MR) is 71.2 cm³/mol. The molecule has 0 saturated carbocycles. The topological polar surface area (TPSA) is 56.7 Å². The summed E-state index contributed by atoms with van der Waals surface area (Å²) in [4.78, 5) is 8.68. The summed E-state index contributed by atoms with van der Waals surface area (Å²) >= 11 is 0. The molecule has 2 heterocycles. The third-order valence-corrected chi connectivity index (χ3v) is 2.68. The fourth-order valence-electron chi connectivity index (χ4n) is 1.86. The van der Waals surface area contributed by atoms with Gasteiger partial charge in [0.25, 0.3) is 0 Å². The number of benzene rings is 1. The molecule has 18 heavy (non-hydrogen) atoms. The van der Waals surface area contributed by atoms with E-state index in [9.17, 15) is 0 Å². The van der Waals surface area contributed by atoms with Crippen molar-refractivity contribution in [3.8, 4) is 17.2 Å². The monoisotopic (exact) mass is 236 g/mol. The Bertz CT molecular complexity index is 658. The van der Waals surface area contributed by atoms with Crippen molar-refractivity contribution in [2.75, 3.05) is 5.73 Å². The van der Waals surface area contributed by atoms with Gasteiger partial charge in [0.15, 0.2) is 0 Å². The first-order valence-corrected chi connectivity index (χ1v) is 5.66. The van der Waals surface area contributed by atoms with Gasteiger partial charge < -0.3 is 5.73 Å². The van der Waals surface area contributed by atoms with Crippen molar-refractivity contribution in [1.82, 2.24) is 14.5 Å². The molecule has 4 nitrogen and oxygen atoms in total. The van der Waals surface area contributed by atoms with E-state index < -0.39 is 0 Å². The van der Waals surface area contributed by atoms with Gasteiger partial charge >= 0.3 is 0 Å². The largest absolute Gasteiger partial charge is 0.384 e. The van der Waals surface area contributed by atoms with Crippen molar-refractivity contribution in [3.63, 3.8) is 0 Å². The van der Waals surface area contributed by atoms with Gasteiger partial charge in [0.1, 0.15) is 17.5 Å². The third-order valence-electron chi connectivity index (χ3n) is 2.68. The van der Waals surface area contributed by atoms with Crippen molar-refractivity contribution < 1.29 is 0 Å². The number of rotatable bonds is 2. The second kappa shape index (κ2) is 4.33. The van der Waals surface area contributed by atoms with Crippen LogP contribution in [0.25, 0.3) is 17.2 Å². The molecule has 0 aliphatic rings. The second-order valence-corrected chi connectivity index (χ2v) is 3.91. The Balaban J connectivity index is 2.13. The fraction of sp³-hybridized carbons (Fsp3) is 0. The van der Waals surface area contributed by atoms with Crippen molar-refractivity contribution in [1.29, 1.82) is 0 Å². The number of aromatic nitrogens is 3. The van der Waals surface area contributed by atoms with E-state index in [-0.39, 0.29) is 0 Å². The van der Waals surface area contributed by atoms with Crippen LogP contribution in [0.1, 0.15) is 0 Å². The number of anilines is 1. The van der Waals surface area contributed by atoms with Gasteiger partial charge in [-0.2, -0.15) is 0 Å². The molecule has 2 N–H and O–H groups in total. The van der Waals surface area contributed by atoms with Gasteiger partial charge in [-0.15, -0.1) is 0 Å². The third kappa shape index (κ3) is 1.84. The van der Waals surface area contributed by atoms with Gasteiger partial charge in [-0.1, -0.05) is 36.4 Å². The SMILES string of the molecule is Nc1cccc(-n2ccnc2-c2ccccc2)n1. The molecule has 3 aromatic rings. The maximum absolute atomic E-state index is 5.71. The van der Waals surface area contributed by atoms with E-state index in [0.717, 1.165) is 17.2 Å². The molecule has 4 heteroatoms. The first kappa shape index (κ1) is 10.5. The van der Waals surface area contributed by atoms with Crippen molar-refractivity contribution >= 4 is 5.82 Å². The minimum Gasteiger partial charge on any atom is -0.384 e. The Kier molecular flexibility index (Phi) is 2.53. The van der Waals surface area contributed by atoms with Crippen LogP contribution < -0.4 is 5.73 Å². The molecule has 0 saturated heterocycles. The van der Waals surface area contributed by atoms with Crippen LogP contribution in [0.4, 0.5) is 5.82 Å². The van der Waals surface area contributed by atoms with Crippen LogP contribution in [0.15, 0.2) is 60.9 Å². The Labute approximate surface area is 105 Å². The maximum atomic E-state index is 5.71. The molecule has 3 rings (SSSR count). The lowest BCUT2D eigenvalue weighted by atomic mass is 10.2. The number of nitrogens with two attached hydrogens (primary N) is 1. The zero-order chi connectivity index (χ0) is 12.4. The highest BCUT2D eigenvalue weighted by Gasteiger charge is 2.07. The minimum atomic E-state index is 0.500. The number of nitrogens with zero attached hydrogens (tertiary/aromatic N) is 3. The zero-order valence-electron chi connectivity index (χ0n) is 9.69. The van der Waals surface area contributed by atoms with Crippen LogP contribution in [-0.2, 0) is 0 Å². The van der Waals surface area contributed by atoms with E-state index in [4.69, 9.17) is 5.73 Å². The second-order valence-electron chi connectivity index (χ2n) is 3.91. The van der Waals surface area contributed by atoms with Crippen LogP contribution in [0.5, 0.6) is 0 Å². The molecule has 0 atom stereocenters. The van der Waals surface area contributed by atoms with Crippen molar-refractivity contribution in [2.45, 2.75) is 0 Å². The summed E-state index contributed by atoms with van der Waals surface area (Å²) in [6.45, 7) is 0. The number of hydrogen-bond donors (Lipinski definition) is 1. The van der Waals surface area contributed by atoms with Crippen LogP contribution in [0.2, 0.25) is 0 Å². The number of hydrogen-bond acceptors (Lipinski definition) is 3. The quantitative estimate of drug-likeness (QED) is 0.743. The highest BCUT2D eigenvalue weighted by atomic mass is 15.1. The van der Waals surface area contributed by atoms with Crippen LogP contribution >= 0.6 is 0 Å². The average molecular weight is 236 g/mol. The standard InChI is InChI=1S/C14H12N4/c15-12-7-4-8-13(17-12)18-10-9-16-14(18)11-5-2-1-3-6-11/h1-10H,(H2,15,17). The number of imidazole rings is 1. The number of pyridine rings is 1. The molecule has 0 spiro atoms. The predicted octanol–water partition coefficient (Wildman–Crippen LogP) is 2.52. The first-order chi connectivity index (χ1) is 8.84. The Morgan fingerprint density at radius 3 is 2.56 bits per heavy atom. The molecule has 0 amide bonds. The molecule has 0 aliphatic carbocycles. The normalized spacial score (nSPS) is 10.4. The van der Waals surface area contributed by atoms with Crippen LogP contribution in [0, 0.1) is 0 Å². The summed E-state index contributed by atoms with van der Waals surface area (Å²) in [7, 11) is 0. The highest BCUT2D eigenvalue weighted by molar-refractivity contribution is 5.58. The van der Waals surface area contributed by atoms with Gasteiger partial charge in [-0.25, -0.2) is 9.97 Å². The number of nitrogen functional groups attached to an aromatic ring is 1. The van der Waals surface area contributed by atoms with Crippen molar-refractivity contribution in [3.05, 3.63) is 60.9 Å². The van der Waals surface area contributed by atoms with Gasteiger partial charge in [0.2, 0.25) is 0 Å². The zero-order valence-corrected chi connectivity index (χ0v) is 9.69. The average Bonchev–Trinajstić information content (AvgIpc) is 2.89. The molecular weight excluding hydrogens is 224 g/mol. The van der Waals surface area contributed by atoms with Gasteiger partial charge in [0.05, 0.1) is 0 Å². The molecule has 1 aromatic carbocycles. The minimum absolute atomic E-state index is 0.500. The fourth-order valence-corrected chi connectivity index (χ4v) is 1.86. The summed E-state index contributed by atoms with van der Waals surface area (Å²) in [5, 5.41) is 0. The summed E-state index contributed by atoms with van der Waals surface area (Å²) < 4.78 is 1.92.